The van der Waals surface area contributed by atoms with E-state index in [4.69, 9.17) is 0 Å². The number of hydrogen-bond donors (Lipinski definition) is 3. The van der Waals surface area contributed by atoms with Gasteiger partial charge in [-0.3, -0.25) is 9.78 Å². The predicted molar refractivity (Wildman–Crippen MR) is 98.9 cm³/mol. The minimum Gasteiger partial charge on any atom is -0.394 e. The summed E-state index contributed by atoms with van der Waals surface area (Å²) in [5, 5.41) is 12.7. The molecule has 132 valence electrons. The SMILES string of the molecule is Cc1cccc(CSc2nc(N[C@H](C)CO)c3sc(=O)[nH]c3n2)c1F. The first-order valence-electron chi connectivity index (χ1n) is 7.63. The normalized spacial score (nSPS) is 12.5. The molecule has 0 spiro atoms. The van der Waals surface area contributed by atoms with Crippen molar-refractivity contribution in [3.63, 3.8) is 0 Å². The zero-order chi connectivity index (χ0) is 18.0. The van der Waals surface area contributed by atoms with Gasteiger partial charge in [0.15, 0.2) is 16.6 Å². The molecule has 0 fully saturated rings. The molecule has 25 heavy (non-hydrogen) atoms. The Hall–Kier alpha value is -1.97. The Labute approximate surface area is 151 Å². The molecule has 9 heteroatoms. The van der Waals surface area contributed by atoms with Crippen LogP contribution in [-0.2, 0) is 5.75 Å². The minimum absolute atomic E-state index is 0.0677. The summed E-state index contributed by atoms with van der Waals surface area (Å²) in [4.78, 5) is 22.8. The standard InChI is InChI=1S/C16H17FN4O2S2/c1-8-4-3-5-10(11(8)17)7-24-15-19-13(18-9(2)6-22)12-14(20-15)21-16(23)25-12/h3-5,9,22H,6-7H2,1-2H3,(H2,18,19,20,21,23)/t9-/m1/s1. The third-order valence-corrected chi connectivity index (χ3v) is 5.32. The van der Waals surface area contributed by atoms with Gasteiger partial charge in [0.05, 0.1) is 6.61 Å². The van der Waals surface area contributed by atoms with Gasteiger partial charge in [0.2, 0.25) is 0 Å². The number of H-pyrrole nitrogens is 1. The van der Waals surface area contributed by atoms with Gasteiger partial charge in [-0.25, -0.2) is 14.4 Å². The third kappa shape index (κ3) is 4.00. The van der Waals surface area contributed by atoms with Gasteiger partial charge < -0.3 is 10.4 Å². The van der Waals surface area contributed by atoms with E-state index in [0.717, 1.165) is 11.3 Å². The second-order valence-corrected chi connectivity index (χ2v) is 7.54. The summed E-state index contributed by atoms with van der Waals surface area (Å²) in [7, 11) is 0. The molecule has 3 aromatic rings. The maximum absolute atomic E-state index is 14.1. The molecular weight excluding hydrogens is 363 g/mol. The molecule has 2 heterocycles. The molecular formula is C16H17FN4O2S2. The van der Waals surface area contributed by atoms with Crippen LogP contribution in [0.3, 0.4) is 0 Å². The van der Waals surface area contributed by atoms with Gasteiger partial charge in [0.1, 0.15) is 10.5 Å². The maximum Gasteiger partial charge on any atom is 0.306 e. The third-order valence-electron chi connectivity index (χ3n) is 3.55. The number of nitrogens with one attached hydrogen (secondary N) is 2. The number of nitrogens with zero attached hydrogens (tertiary/aromatic N) is 2. The molecule has 0 unspecified atom stereocenters. The fourth-order valence-electron chi connectivity index (χ4n) is 2.23. The van der Waals surface area contributed by atoms with Crippen molar-refractivity contribution in [3.8, 4) is 0 Å². The van der Waals surface area contributed by atoms with Gasteiger partial charge in [0, 0.05) is 11.8 Å². The molecule has 0 aliphatic rings. The first kappa shape index (κ1) is 17.8. The molecule has 2 aromatic heterocycles. The molecule has 0 radical (unpaired) electrons. The van der Waals surface area contributed by atoms with Gasteiger partial charge in [-0.2, -0.15) is 0 Å². The summed E-state index contributed by atoms with van der Waals surface area (Å²) in [5.41, 5.74) is 1.60. The van der Waals surface area contributed by atoms with Crippen LogP contribution in [0.15, 0.2) is 28.2 Å². The maximum atomic E-state index is 14.1. The number of aromatic nitrogens is 3. The zero-order valence-corrected chi connectivity index (χ0v) is 15.3. The van der Waals surface area contributed by atoms with E-state index in [1.165, 1.54) is 11.8 Å². The van der Waals surface area contributed by atoms with Crippen molar-refractivity contribution in [1.82, 2.24) is 15.0 Å². The second kappa shape index (κ2) is 7.51. The fraction of sp³-hybridized carbons (Fsp3) is 0.312. The van der Waals surface area contributed by atoms with Crippen LogP contribution in [-0.4, -0.2) is 32.7 Å². The highest BCUT2D eigenvalue weighted by Gasteiger charge is 2.14. The Morgan fingerprint density at radius 1 is 1.44 bits per heavy atom. The van der Waals surface area contributed by atoms with Crippen molar-refractivity contribution in [2.24, 2.45) is 0 Å². The van der Waals surface area contributed by atoms with E-state index in [1.807, 2.05) is 6.07 Å². The van der Waals surface area contributed by atoms with Crippen LogP contribution in [0, 0.1) is 12.7 Å². The molecule has 0 aliphatic carbocycles. The van der Waals surface area contributed by atoms with Crippen molar-refractivity contribution in [2.45, 2.75) is 30.8 Å². The number of aliphatic hydroxyl groups excluding tert-OH is 1. The van der Waals surface area contributed by atoms with E-state index in [0.29, 0.717) is 38.2 Å². The molecule has 0 bridgehead atoms. The van der Waals surface area contributed by atoms with Crippen molar-refractivity contribution in [2.75, 3.05) is 11.9 Å². The van der Waals surface area contributed by atoms with Crippen LogP contribution in [0.4, 0.5) is 10.2 Å². The summed E-state index contributed by atoms with van der Waals surface area (Å²) in [6, 6.07) is 5.04. The molecule has 0 amide bonds. The smallest absolute Gasteiger partial charge is 0.306 e. The van der Waals surface area contributed by atoms with Crippen LogP contribution < -0.4 is 10.2 Å². The summed E-state index contributed by atoms with van der Waals surface area (Å²) < 4.78 is 14.7. The van der Waals surface area contributed by atoms with Crippen molar-refractivity contribution in [1.29, 1.82) is 0 Å². The Balaban J connectivity index is 1.90. The van der Waals surface area contributed by atoms with Gasteiger partial charge >= 0.3 is 4.87 Å². The van der Waals surface area contributed by atoms with Gasteiger partial charge in [-0.05, 0) is 25.0 Å². The van der Waals surface area contributed by atoms with Crippen molar-refractivity contribution >= 4 is 39.3 Å². The number of aromatic amines is 1. The average molecular weight is 380 g/mol. The number of benzene rings is 1. The van der Waals surface area contributed by atoms with Crippen LogP contribution in [0.5, 0.6) is 0 Å². The summed E-state index contributed by atoms with van der Waals surface area (Å²) in [6.45, 7) is 3.46. The van der Waals surface area contributed by atoms with Gasteiger partial charge in [-0.15, -0.1) is 0 Å². The minimum atomic E-state index is -0.229. The number of fused-ring (bicyclic) bond motifs is 1. The molecule has 0 saturated heterocycles. The van der Waals surface area contributed by atoms with E-state index in [1.54, 1.807) is 26.0 Å². The van der Waals surface area contributed by atoms with E-state index < -0.39 is 0 Å². The van der Waals surface area contributed by atoms with E-state index >= 15 is 0 Å². The summed E-state index contributed by atoms with van der Waals surface area (Å²) in [6.07, 6.45) is 0. The zero-order valence-electron chi connectivity index (χ0n) is 13.7. The summed E-state index contributed by atoms with van der Waals surface area (Å²) in [5.74, 6) is 0.636. The lowest BCUT2D eigenvalue weighted by Crippen LogP contribution is -2.20. The lowest BCUT2D eigenvalue weighted by atomic mass is 10.1. The van der Waals surface area contributed by atoms with Gasteiger partial charge in [-0.1, -0.05) is 41.3 Å². The fourth-order valence-corrected chi connectivity index (χ4v) is 3.78. The van der Waals surface area contributed by atoms with Gasteiger partial charge in [0.25, 0.3) is 0 Å². The van der Waals surface area contributed by atoms with Crippen molar-refractivity contribution in [3.05, 3.63) is 44.8 Å². The predicted octanol–water partition coefficient (Wildman–Crippen LogP) is 2.91. The molecule has 0 aliphatic heterocycles. The van der Waals surface area contributed by atoms with E-state index in [2.05, 4.69) is 20.3 Å². The number of aliphatic hydroxyl groups is 1. The van der Waals surface area contributed by atoms with Crippen LogP contribution in [0.2, 0.25) is 0 Å². The molecule has 6 nitrogen and oxygen atoms in total. The first-order chi connectivity index (χ1) is 12.0. The molecule has 3 rings (SSSR count). The molecule has 0 saturated carbocycles. The number of rotatable bonds is 6. The first-order valence-corrected chi connectivity index (χ1v) is 9.43. The largest absolute Gasteiger partial charge is 0.394 e. The van der Waals surface area contributed by atoms with Crippen LogP contribution in [0.1, 0.15) is 18.1 Å². The lowest BCUT2D eigenvalue weighted by molar-refractivity contribution is 0.281. The highest BCUT2D eigenvalue weighted by Crippen LogP contribution is 2.28. The average Bonchev–Trinajstić information content (AvgIpc) is 2.96. The highest BCUT2D eigenvalue weighted by atomic mass is 32.2. The van der Waals surface area contributed by atoms with Crippen molar-refractivity contribution < 1.29 is 9.50 Å². The molecule has 3 N–H and O–H groups in total. The summed E-state index contributed by atoms with van der Waals surface area (Å²) >= 11 is 2.30. The van der Waals surface area contributed by atoms with Crippen LogP contribution >= 0.6 is 23.1 Å². The Morgan fingerprint density at radius 3 is 3.00 bits per heavy atom. The Kier molecular flexibility index (Phi) is 5.36. The highest BCUT2D eigenvalue weighted by molar-refractivity contribution is 7.98. The van der Waals surface area contributed by atoms with Crippen LogP contribution in [0.25, 0.3) is 10.3 Å². The van der Waals surface area contributed by atoms with E-state index in [9.17, 15) is 14.3 Å². The lowest BCUT2D eigenvalue weighted by Gasteiger charge is -2.12. The number of aryl methyl sites for hydroxylation is 1. The number of halogens is 1. The Morgan fingerprint density at radius 2 is 2.24 bits per heavy atom. The Bertz CT molecular complexity index is 957. The molecule has 1 atom stereocenters. The number of anilines is 1. The second-order valence-electron chi connectivity index (χ2n) is 5.61. The topological polar surface area (TPSA) is 90.9 Å². The molecule has 1 aromatic carbocycles. The quantitative estimate of drug-likeness (QED) is 0.450. The van der Waals surface area contributed by atoms with E-state index in [-0.39, 0.29) is 23.3 Å². The number of thiazole rings is 1. The number of hydrogen-bond acceptors (Lipinski definition) is 7. The monoisotopic (exact) mass is 380 g/mol. The number of thioether (sulfide) groups is 1.